The number of anilines is 1. The number of fused-ring (bicyclic) bond motifs is 1. The van der Waals surface area contributed by atoms with Gasteiger partial charge >= 0.3 is 0 Å². The Balaban J connectivity index is 2.06. The Hall–Kier alpha value is -1.90. The summed E-state index contributed by atoms with van der Waals surface area (Å²) in [4.78, 5) is 9.64. The smallest absolute Gasteiger partial charge is 0.161 e. The standard InChI is InChI=1S/C18H23N3/c1-4-8-19-18-15-6-5-7-16(15)20-17(21-18)14-10-12(2)9-13(3)11-14/h9-11H,4-8H2,1-3H3,(H,19,20,21). The number of aryl methyl sites for hydroxylation is 3. The lowest BCUT2D eigenvalue weighted by molar-refractivity contribution is 0.899. The molecule has 0 atom stereocenters. The highest BCUT2D eigenvalue weighted by atomic mass is 15.0. The average molecular weight is 281 g/mol. The SMILES string of the molecule is CCCNc1nc(-c2cc(C)cc(C)c2)nc2c1CCC2. The van der Waals surface area contributed by atoms with Crippen LogP contribution in [0.1, 0.15) is 42.1 Å². The maximum absolute atomic E-state index is 4.82. The van der Waals surface area contributed by atoms with E-state index in [4.69, 9.17) is 9.97 Å². The minimum atomic E-state index is 0.862. The van der Waals surface area contributed by atoms with Crippen molar-refractivity contribution >= 4 is 5.82 Å². The molecule has 1 aliphatic carbocycles. The summed E-state index contributed by atoms with van der Waals surface area (Å²) in [5, 5.41) is 3.48. The van der Waals surface area contributed by atoms with Gasteiger partial charge < -0.3 is 5.32 Å². The first-order valence-corrected chi connectivity index (χ1v) is 7.89. The molecule has 0 amide bonds. The Kier molecular flexibility index (Phi) is 3.91. The average Bonchev–Trinajstić information content (AvgIpc) is 2.92. The van der Waals surface area contributed by atoms with Crippen molar-refractivity contribution in [3.63, 3.8) is 0 Å². The fourth-order valence-electron chi connectivity index (χ4n) is 3.05. The van der Waals surface area contributed by atoms with Gasteiger partial charge in [-0.05, 0) is 51.7 Å². The molecule has 0 radical (unpaired) electrons. The van der Waals surface area contributed by atoms with E-state index in [-0.39, 0.29) is 0 Å². The van der Waals surface area contributed by atoms with Crippen molar-refractivity contribution in [2.75, 3.05) is 11.9 Å². The summed E-state index contributed by atoms with van der Waals surface area (Å²) in [7, 11) is 0. The van der Waals surface area contributed by atoms with Crippen LogP contribution in [0.2, 0.25) is 0 Å². The molecule has 1 aliphatic rings. The van der Waals surface area contributed by atoms with Gasteiger partial charge in [-0.3, -0.25) is 0 Å². The van der Waals surface area contributed by atoms with E-state index in [2.05, 4.69) is 44.3 Å². The summed E-state index contributed by atoms with van der Waals surface area (Å²) in [5.41, 5.74) is 6.21. The zero-order chi connectivity index (χ0) is 14.8. The number of hydrogen-bond donors (Lipinski definition) is 1. The number of nitrogens with one attached hydrogen (secondary N) is 1. The molecule has 0 unspecified atom stereocenters. The van der Waals surface area contributed by atoms with Crippen LogP contribution in [0.25, 0.3) is 11.4 Å². The molecule has 0 saturated carbocycles. The van der Waals surface area contributed by atoms with Crippen molar-refractivity contribution in [1.82, 2.24) is 9.97 Å². The summed E-state index contributed by atoms with van der Waals surface area (Å²) < 4.78 is 0. The van der Waals surface area contributed by atoms with Gasteiger partial charge in [0.15, 0.2) is 5.82 Å². The van der Waals surface area contributed by atoms with Crippen molar-refractivity contribution in [2.45, 2.75) is 46.5 Å². The zero-order valence-electron chi connectivity index (χ0n) is 13.2. The Morgan fingerprint density at radius 2 is 1.81 bits per heavy atom. The Morgan fingerprint density at radius 1 is 1.05 bits per heavy atom. The first-order valence-electron chi connectivity index (χ1n) is 7.89. The van der Waals surface area contributed by atoms with Crippen LogP contribution in [0, 0.1) is 13.8 Å². The van der Waals surface area contributed by atoms with Crippen molar-refractivity contribution in [3.8, 4) is 11.4 Å². The van der Waals surface area contributed by atoms with Crippen molar-refractivity contribution in [3.05, 3.63) is 40.6 Å². The normalized spacial score (nSPS) is 13.3. The van der Waals surface area contributed by atoms with Gasteiger partial charge in [0, 0.05) is 23.4 Å². The molecule has 1 aromatic heterocycles. The third-order valence-corrected chi connectivity index (χ3v) is 3.96. The van der Waals surface area contributed by atoms with Crippen molar-refractivity contribution < 1.29 is 0 Å². The Morgan fingerprint density at radius 3 is 2.52 bits per heavy atom. The van der Waals surface area contributed by atoms with Gasteiger partial charge in [-0.2, -0.15) is 0 Å². The number of benzene rings is 1. The van der Waals surface area contributed by atoms with Gasteiger partial charge in [0.1, 0.15) is 5.82 Å². The fourth-order valence-corrected chi connectivity index (χ4v) is 3.05. The number of hydrogen-bond acceptors (Lipinski definition) is 3. The predicted molar refractivity (Wildman–Crippen MR) is 87.7 cm³/mol. The molecule has 21 heavy (non-hydrogen) atoms. The molecule has 0 fully saturated rings. The van der Waals surface area contributed by atoms with E-state index in [0.717, 1.165) is 43.0 Å². The molecular formula is C18H23N3. The lowest BCUT2D eigenvalue weighted by atomic mass is 10.1. The second-order valence-corrected chi connectivity index (χ2v) is 5.98. The second kappa shape index (κ2) is 5.84. The minimum absolute atomic E-state index is 0.862. The number of nitrogens with zero attached hydrogens (tertiary/aromatic N) is 2. The third-order valence-electron chi connectivity index (χ3n) is 3.96. The van der Waals surface area contributed by atoms with E-state index in [1.807, 2.05) is 0 Å². The highest BCUT2D eigenvalue weighted by molar-refractivity contribution is 5.62. The van der Waals surface area contributed by atoms with Crippen LogP contribution in [-0.2, 0) is 12.8 Å². The molecule has 3 heteroatoms. The summed E-state index contributed by atoms with van der Waals surface area (Å²) in [6, 6.07) is 6.54. The van der Waals surface area contributed by atoms with E-state index >= 15 is 0 Å². The number of aromatic nitrogens is 2. The molecule has 0 aliphatic heterocycles. The van der Waals surface area contributed by atoms with E-state index in [1.165, 1.54) is 28.8 Å². The molecule has 110 valence electrons. The highest BCUT2D eigenvalue weighted by Gasteiger charge is 2.19. The molecule has 3 nitrogen and oxygen atoms in total. The fraction of sp³-hybridized carbons (Fsp3) is 0.444. The van der Waals surface area contributed by atoms with E-state index in [1.54, 1.807) is 0 Å². The van der Waals surface area contributed by atoms with Crippen LogP contribution >= 0.6 is 0 Å². The summed E-state index contributed by atoms with van der Waals surface area (Å²) in [6.07, 6.45) is 4.49. The zero-order valence-corrected chi connectivity index (χ0v) is 13.2. The molecule has 1 heterocycles. The lowest BCUT2D eigenvalue weighted by Gasteiger charge is -2.12. The molecule has 3 rings (SSSR count). The van der Waals surface area contributed by atoms with Crippen LogP contribution in [0.3, 0.4) is 0 Å². The molecule has 2 aromatic rings. The first-order chi connectivity index (χ1) is 10.2. The second-order valence-electron chi connectivity index (χ2n) is 5.98. The molecule has 1 N–H and O–H groups in total. The van der Waals surface area contributed by atoms with Crippen LogP contribution < -0.4 is 5.32 Å². The van der Waals surface area contributed by atoms with Gasteiger partial charge in [-0.15, -0.1) is 0 Å². The minimum Gasteiger partial charge on any atom is -0.370 e. The van der Waals surface area contributed by atoms with Gasteiger partial charge in [-0.25, -0.2) is 9.97 Å². The van der Waals surface area contributed by atoms with Crippen LogP contribution in [0.15, 0.2) is 18.2 Å². The number of rotatable bonds is 4. The largest absolute Gasteiger partial charge is 0.370 e. The lowest BCUT2D eigenvalue weighted by Crippen LogP contribution is -2.08. The quantitative estimate of drug-likeness (QED) is 0.918. The molecular weight excluding hydrogens is 258 g/mol. The first kappa shape index (κ1) is 14.1. The maximum Gasteiger partial charge on any atom is 0.161 e. The highest BCUT2D eigenvalue weighted by Crippen LogP contribution is 2.29. The monoisotopic (exact) mass is 281 g/mol. The summed E-state index contributed by atoms with van der Waals surface area (Å²) in [5.74, 6) is 1.91. The maximum atomic E-state index is 4.82. The van der Waals surface area contributed by atoms with Crippen LogP contribution in [0.4, 0.5) is 5.82 Å². The Labute approximate surface area is 126 Å². The molecule has 0 saturated heterocycles. The van der Waals surface area contributed by atoms with Crippen molar-refractivity contribution in [2.24, 2.45) is 0 Å². The predicted octanol–water partition coefficient (Wildman–Crippen LogP) is 4.07. The third kappa shape index (κ3) is 2.92. The van der Waals surface area contributed by atoms with Crippen LogP contribution in [-0.4, -0.2) is 16.5 Å². The van der Waals surface area contributed by atoms with E-state index in [0.29, 0.717) is 0 Å². The van der Waals surface area contributed by atoms with Gasteiger partial charge in [0.05, 0.1) is 0 Å². The van der Waals surface area contributed by atoms with Gasteiger partial charge in [0.2, 0.25) is 0 Å². The van der Waals surface area contributed by atoms with Crippen LogP contribution in [0.5, 0.6) is 0 Å². The van der Waals surface area contributed by atoms with Gasteiger partial charge in [-0.1, -0.05) is 24.1 Å². The van der Waals surface area contributed by atoms with Gasteiger partial charge in [0.25, 0.3) is 0 Å². The molecule has 1 aromatic carbocycles. The summed E-state index contributed by atoms with van der Waals surface area (Å²) >= 11 is 0. The van der Waals surface area contributed by atoms with E-state index in [9.17, 15) is 0 Å². The Bertz CT molecular complexity index is 642. The summed E-state index contributed by atoms with van der Waals surface area (Å²) in [6.45, 7) is 7.40. The molecule has 0 bridgehead atoms. The van der Waals surface area contributed by atoms with Crippen molar-refractivity contribution in [1.29, 1.82) is 0 Å². The topological polar surface area (TPSA) is 37.8 Å². The van der Waals surface area contributed by atoms with E-state index < -0.39 is 0 Å². The molecule has 0 spiro atoms.